The van der Waals surface area contributed by atoms with Gasteiger partial charge in [-0.25, -0.2) is 0 Å². The Labute approximate surface area is 118 Å². The molecule has 3 nitrogen and oxygen atoms in total. The minimum Gasteiger partial charge on any atom is -0.384 e. The fourth-order valence-corrected chi connectivity index (χ4v) is 2.81. The number of nitrogens with zero attached hydrogens (tertiary/aromatic N) is 1. The minimum atomic E-state index is -0.148. The number of carbonyl (C=O) groups excluding carboxylic acids is 1. The molecule has 2 rings (SSSR count). The van der Waals surface area contributed by atoms with Gasteiger partial charge in [0.15, 0.2) is 0 Å². The van der Waals surface area contributed by atoms with E-state index < -0.39 is 0 Å². The zero-order valence-corrected chi connectivity index (χ0v) is 12.0. The van der Waals surface area contributed by atoms with Gasteiger partial charge in [0, 0.05) is 13.1 Å². The predicted molar refractivity (Wildman–Crippen MR) is 77.2 cm³/mol. The topological polar surface area (TPSA) is 40.5 Å². The van der Waals surface area contributed by atoms with E-state index in [9.17, 15) is 4.79 Å². The van der Waals surface area contributed by atoms with Crippen LogP contribution in [0.3, 0.4) is 0 Å². The van der Waals surface area contributed by atoms with Crippen molar-refractivity contribution < 1.29 is 9.90 Å². The highest BCUT2D eigenvalue weighted by Crippen LogP contribution is 2.30. The third kappa shape index (κ3) is 4.09. The molecule has 0 atom stereocenters. The van der Waals surface area contributed by atoms with Gasteiger partial charge in [-0.2, -0.15) is 0 Å². The lowest BCUT2D eigenvalue weighted by Gasteiger charge is -2.21. The van der Waals surface area contributed by atoms with Gasteiger partial charge in [0.05, 0.1) is 9.75 Å². The third-order valence-corrected chi connectivity index (χ3v) is 4.05. The maximum Gasteiger partial charge on any atom is 0.263 e. The number of carbonyl (C=O) groups is 1. The number of hydrogen-bond donors (Lipinski definition) is 1. The summed E-state index contributed by atoms with van der Waals surface area (Å²) in [6, 6.07) is 3.69. The maximum absolute atomic E-state index is 12.4. The first-order valence-corrected chi connectivity index (χ1v) is 7.55. The summed E-state index contributed by atoms with van der Waals surface area (Å²) in [5.41, 5.74) is 0. The van der Waals surface area contributed by atoms with E-state index in [1.54, 1.807) is 0 Å². The van der Waals surface area contributed by atoms with Crippen LogP contribution in [0.1, 0.15) is 40.7 Å². The third-order valence-electron chi connectivity index (χ3n) is 3.06. The largest absolute Gasteiger partial charge is 0.384 e. The van der Waals surface area contributed by atoms with Crippen LogP contribution >= 0.6 is 11.3 Å². The van der Waals surface area contributed by atoms with Gasteiger partial charge in [-0.3, -0.25) is 4.79 Å². The standard InChI is InChI=1S/C15H19NO2S/c1-2-9-16(11-12-5-6-12)15(18)14-8-7-13(19-14)4-3-10-17/h7-8,12,17H,2,5-6,9-11H2,1H3. The Kier molecular flexibility index (Phi) is 5.00. The summed E-state index contributed by atoms with van der Waals surface area (Å²) in [4.78, 5) is 16.0. The van der Waals surface area contributed by atoms with Crippen molar-refractivity contribution in [2.45, 2.75) is 26.2 Å². The normalized spacial score (nSPS) is 13.8. The molecule has 1 aromatic heterocycles. The lowest BCUT2D eigenvalue weighted by molar-refractivity contribution is 0.0752. The van der Waals surface area contributed by atoms with Crippen molar-refractivity contribution in [1.82, 2.24) is 4.90 Å². The Balaban J connectivity index is 2.04. The monoisotopic (exact) mass is 277 g/mol. The summed E-state index contributed by atoms with van der Waals surface area (Å²) in [6.45, 7) is 3.66. The highest BCUT2D eigenvalue weighted by molar-refractivity contribution is 7.14. The van der Waals surface area contributed by atoms with Crippen LogP contribution in [-0.2, 0) is 0 Å². The fourth-order valence-electron chi connectivity index (χ4n) is 1.96. The Morgan fingerprint density at radius 1 is 1.53 bits per heavy atom. The minimum absolute atomic E-state index is 0.121. The SMILES string of the molecule is CCCN(CC1CC1)C(=O)c1ccc(C#CCO)s1. The van der Waals surface area contributed by atoms with Gasteiger partial charge in [-0.1, -0.05) is 18.8 Å². The molecule has 1 aliphatic rings. The van der Waals surface area contributed by atoms with Gasteiger partial charge in [0.25, 0.3) is 5.91 Å². The average molecular weight is 277 g/mol. The Hall–Kier alpha value is -1.31. The summed E-state index contributed by atoms with van der Waals surface area (Å²) in [5, 5.41) is 8.66. The molecule has 19 heavy (non-hydrogen) atoms. The van der Waals surface area contributed by atoms with Gasteiger partial charge in [-0.15, -0.1) is 11.3 Å². The highest BCUT2D eigenvalue weighted by atomic mass is 32.1. The van der Waals surface area contributed by atoms with Crippen molar-refractivity contribution in [2.24, 2.45) is 5.92 Å². The van der Waals surface area contributed by atoms with Gasteiger partial charge in [0.1, 0.15) is 6.61 Å². The molecule has 0 aromatic carbocycles. The van der Waals surface area contributed by atoms with E-state index in [1.165, 1.54) is 24.2 Å². The molecular weight excluding hydrogens is 258 g/mol. The smallest absolute Gasteiger partial charge is 0.263 e. The first-order chi connectivity index (χ1) is 9.24. The molecule has 1 amide bonds. The molecule has 0 aliphatic heterocycles. The summed E-state index contributed by atoms with van der Waals surface area (Å²) < 4.78 is 0. The summed E-state index contributed by atoms with van der Waals surface area (Å²) >= 11 is 1.41. The summed E-state index contributed by atoms with van der Waals surface area (Å²) in [6.07, 6.45) is 3.50. The molecule has 1 aliphatic carbocycles. The molecule has 1 saturated carbocycles. The highest BCUT2D eigenvalue weighted by Gasteiger charge is 2.27. The number of aliphatic hydroxyl groups excluding tert-OH is 1. The average Bonchev–Trinajstić information content (AvgIpc) is 3.10. The van der Waals surface area contributed by atoms with Crippen LogP contribution in [-0.4, -0.2) is 35.6 Å². The van der Waals surface area contributed by atoms with Crippen molar-refractivity contribution in [3.63, 3.8) is 0 Å². The Bertz CT molecular complexity index is 494. The molecule has 0 spiro atoms. The Morgan fingerprint density at radius 3 is 2.95 bits per heavy atom. The molecule has 1 N–H and O–H groups in total. The molecule has 0 saturated heterocycles. The van der Waals surface area contributed by atoms with Crippen molar-refractivity contribution in [3.8, 4) is 11.8 Å². The van der Waals surface area contributed by atoms with E-state index in [-0.39, 0.29) is 12.5 Å². The van der Waals surface area contributed by atoms with E-state index in [4.69, 9.17) is 5.11 Å². The first kappa shape index (κ1) is 14.1. The molecule has 0 bridgehead atoms. The van der Waals surface area contributed by atoms with E-state index in [2.05, 4.69) is 18.8 Å². The first-order valence-electron chi connectivity index (χ1n) is 6.73. The molecule has 1 fully saturated rings. The van der Waals surface area contributed by atoms with Crippen LogP contribution in [0.2, 0.25) is 0 Å². The number of aliphatic hydroxyl groups is 1. The van der Waals surface area contributed by atoms with E-state index >= 15 is 0 Å². The van der Waals surface area contributed by atoms with Crippen LogP contribution in [0.25, 0.3) is 0 Å². The van der Waals surface area contributed by atoms with Crippen molar-refractivity contribution in [3.05, 3.63) is 21.9 Å². The van der Waals surface area contributed by atoms with Crippen LogP contribution in [0, 0.1) is 17.8 Å². The molecule has 1 heterocycles. The van der Waals surface area contributed by atoms with Crippen molar-refractivity contribution in [1.29, 1.82) is 0 Å². The second-order valence-corrected chi connectivity index (χ2v) is 5.90. The molecule has 4 heteroatoms. The van der Waals surface area contributed by atoms with Crippen molar-refractivity contribution >= 4 is 17.2 Å². The predicted octanol–water partition coefficient (Wildman–Crippen LogP) is 2.35. The quantitative estimate of drug-likeness (QED) is 0.839. The van der Waals surface area contributed by atoms with E-state index in [1.807, 2.05) is 17.0 Å². The molecule has 1 aromatic rings. The van der Waals surface area contributed by atoms with Gasteiger partial charge >= 0.3 is 0 Å². The summed E-state index contributed by atoms with van der Waals surface area (Å²) in [7, 11) is 0. The lowest BCUT2D eigenvalue weighted by Crippen LogP contribution is -2.33. The number of rotatable bonds is 5. The zero-order chi connectivity index (χ0) is 13.7. The second-order valence-electron chi connectivity index (χ2n) is 4.82. The summed E-state index contributed by atoms with van der Waals surface area (Å²) in [5.74, 6) is 6.28. The van der Waals surface area contributed by atoms with Crippen LogP contribution < -0.4 is 0 Å². The van der Waals surface area contributed by atoms with E-state index in [0.29, 0.717) is 5.92 Å². The van der Waals surface area contributed by atoms with Crippen LogP contribution in [0.15, 0.2) is 12.1 Å². The zero-order valence-electron chi connectivity index (χ0n) is 11.2. The number of hydrogen-bond acceptors (Lipinski definition) is 3. The van der Waals surface area contributed by atoms with Gasteiger partial charge < -0.3 is 10.0 Å². The Morgan fingerprint density at radius 2 is 2.32 bits per heavy atom. The fraction of sp³-hybridized carbons (Fsp3) is 0.533. The molecular formula is C15H19NO2S. The van der Waals surface area contributed by atoms with Crippen LogP contribution in [0.4, 0.5) is 0 Å². The molecule has 0 unspecified atom stereocenters. The number of thiophene rings is 1. The van der Waals surface area contributed by atoms with Crippen molar-refractivity contribution in [2.75, 3.05) is 19.7 Å². The van der Waals surface area contributed by atoms with Gasteiger partial charge in [-0.05, 0) is 37.3 Å². The molecule has 102 valence electrons. The number of amides is 1. The second kappa shape index (κ2) is 6.74. The van der Waals surface area contributed by atoms with Gasteiger partial charge in [0.2, 0.25) is 0 Å². The van der Waals surface area contributed by atoms with Crippen LogP contribution in [0.5, 0.6) is 0 Å². The molecule has 0 radical (unpaired) electrons. The maximum atomic E-state index is 12.4. The lowest BCUT2D eigenvalue weighted by atomic mass is 10.3. The van der Waals surface area contributed by atoms with E-state index in [0.717, 1.165) is 29.3 Å².